The van der Waals surface area contributed by atoms with Crippen LogP contribution in [0.2, 0.25) is 0 Å². The van der Waals surface area contributed by atoms with E-state index >= 15 is 0 Å². The molecule has 34 heavy (non-hydrogen) atoms. The summed E-state index contributed by atoms with van der Waals surface area (Å²) in [6, 6.07) is 9.45. The molecule has 4 nitrogen and oxygen atoms in total. The predicted octanol–water partition coefficient (Wildman–Crippen LogP) is 6.24. The van der Waals surface area contributed by atoms with E-state index in [1.54, 1.807) is 29.2 Å². The maximum Gasteiger partial charge on any atom is 0.251 e. The average Bonchev–Trinajstić information content (AvgIpc) is 2.75. The van der Waals surface area contributed by atoms with Crippen LogP contribution >= 0.6 is 28.3 Å². The van der Waals surface area contributed by atoms with Crippen molar-refractivity contribution < 1.29 is 26.3 Å². The lowest BCUT2D eigenvalue weighted by Gasteiger charge is -2.33. The third kappa shape index (κ3) is 9.42. The van der Waals surface area contributed by atoms with Gasteiger partial charge in [0.1, 0.15) is 0 Å². The van der Waals surface area contributed by atoms with Gasteiger partial charge in [0.05, 0.1) is 21.5 Å². The highest BCUT2D eigenvalue weighted by Gasteiger charge is 2.34. The lowest BCUT2D eigenvalue weighted by atomic mass is 10.1. The molecule has 4 rings (SSSR count). The molecule has 0 spiro atoms. The van der Waals surface area contributed by atoms with Gasteiger partial charge in [-0.05, 0) is 40.2 Å². The fourth-order valence-corrected chi connectivity index (χ4v) is 3.55. The number of piperidine rings is 2. The summed E-state index contributed by atoms with van der Waals surface area (Å²) in [6.45, 7) is 1.25. The van der Waals surface area contributed by atoms with Gasteiger partial charge in [0.2, 0.25) is 0 Å². The van der Waals surface area contributed by atoms with Crippen LogP contribution in [-0.4, -0.2) is 38.0 Å². The number of anilines is 3. The Balaban J connectivity index is 0.000000274. The molecule has 2 aliphatic heterocycles. The molecule has 0 aromatic heterocycles. The summed E-state index contributed by atoms with van der Waals surface area (Å²) < 4.78 is 76.8. The van der Waals surface area contributed by atoms with Crippen LogP contribution in [0.4, 0.5) is 43.4 Å². The minimum Gasteiger partial charge on any atom is -0.396 e. The summed E-state index contributed by atoms with van der Waals surface area (Å²) in [4.78, 5) is 1.61. The monoisotopic (exact) mass is 576 g/mol. The fraction of sp³-hybridized carbons (Fsp3) is 0.455. The highest BCUT2D eigenvalue weighted by atomic mass is 79.9. The van der Waals surface area contributed by atoms with E-state index in [0.29, 0.717) is 23.2 Å². The van der Waals surface area contributed by atoms with Crippen LogP contribution in [0.3, 0.4) is 0 Å². The van der Waals surface area contributed by atoms with Crippen molar-refractivity contribution in [3.8, 4) is 0 Å². The Morgan fingerprint density at radius 3 is 1.68 bits per heavy atom. The second-order valence-corrected chi connectivity index (χ2v) is 8.63. The van der Waals surface area contributed by atoms with Gasteiger partial charge < -0.3 is 21.7 Å². The number of benzene rings is 2. The average molecular weight is 578 g/mol. The first-order chi connectivity index (χ1) is 15.4. The molecule has 0 aliphatic carbocycles. The first-order valence-electron chi connectivity index (χ1n) is 10.4. The lowest BCUT2D eigenvalue weighted by Crippen LogP contribution is -2.39. The van der Waals surface area contributed by atoms with E-state index in [9.17, 15) is 26.3 Å². The number of alkyl halides is 4. The van der Waals surface area contributed by atoms with E-state index in [4.69, 9.17) is 11.5 Å². The molecule has 0 saturated carbocycles. The van der Waals surface area contributed by atoms with Crippen molar-refractivity contribution in [3.05, 3.63) is 52.5 Å². The molecule has 0 radical (unpaired) electrons. The number of halogens is 8. The Hall–Kier alpha value is -1.85. The van der Waals surface area contributed by atoms with Crippen molar-refractivity contribution in [2.75, 3.05) is 42.5 Å². The standard InChI is InChI=1S/C11H13F3N2.C6H5BrFN.C5H9F2N.ClH/c12-10-8(15)2-1-3-9(10)16-6-4-11(13,14)5-7-16;7-4-2-1-3-5(9)6(4)8;6-5(7)1-3-8-4-2-5;/h1-3H,4-7,15H2;1-3H,9H2;8H,1-4H2;1H. The van der Waals surface area contributed by atoms with E-state index in [-0.39, 0.29) is 62.6 Å². The van der Waals surface area contributed by atoms with E-state index in [1.165, 1.54) is 12.1 Å². The molecule has 2 aromatic carbocycles. The molecule has 0 amide bonds. The largest absolute Gasteiger partial charge is 0.396 e. The molecule has 2 saturated heterocycles. The Morgan fingerprint density at radius 1 is 0.765 bits per heavy atom. The van der Waals surface area contributed by atoms with Gasteiger partial charge in [-0.2, -0.15) is 0 Å². The summed E-state index contributed by atoms with van der Waals surface area (Å²) in [6.07, 6.45) is -0.456. The van der Waals surface area contributed by atoms with E-state index < -0.39 is 23.5 Å². The zero-order chi connectivity index (χ0) is 24.6. The van der Waals surface area contributed by atoms with Crippen molar-refractivity contribution >= 4 is 45.4 Å². The quantitative estimate of drug-likeness (QED) is 0.277. The molecule has 2 fully saturated rings. The summed E-state index contributed by atoms with van der Waals surface area (Å²) >= 11 is 2.99. The van der Waals surface area contributed by atoms with Gasteiger partial charge in [-0.25, -0.2) is 26.3 Å². The number of rotatable bonds is 1. The van der Waals surface area contributed by atoms with Crippen LogP contribution in [0.25, 0.3) is 0 Å². The maximum atomic E-state index is 13.6. The zero-order valence-corrected chi connectivity index (χ0v) is 20.7. The lowest BCUT2D eigenvalue weighted by molar-refractivity contribution is -0.0274. The number of nitrogen functional groups attached to an aromatic ring is 2. The van der Waals surface area contributed by atoms with Crippen LogP contribution in [0.1, 0.15) is 25.7 Å². The molecule has 192 valence electrons. The third-order valence-corrected chi connectivity index (χ3v) is 5.77. The van der Waals surface area contributed by atoms with Crippen molar-refractivity contribution in [2.45, 2.75) is 37.5 Å². The van der Waals surface area contributed by atoms with Crippen molar-refractivity contribution in [2.24, 2.45) is 0 Å². The van der Waals surface area contributed by atoms with E-state index in [0.717, 1.165) is 0 Å². The number of nitrogens with one attached hydrogen (secondary N) is 1. The molecular weight excluding hydrogens is 550 g/mol. The van der Waals surface area contributed by atoms with Gasteiger partial charge in [-0.1, -0.05) is 12.1 Å². The maximum absolute atomic E-state index is 13.6. The van der Waals surface area contributed by atoms with E-state index in [1.807, 2.05) is 0 Å². The van der Waals surface area contributed by atoms with Crippen LogP contribution in [0, 0.1) is 11.6 Å². The van der Waals surface area contributed by atoms with Crippen molar-refractivity contribution in [1.29, 1.82) is 0 Å². The minimum atomic E-state index is -2.62. The Kier molecular flexibility index (Phi) is 11.8. The Labute approximate surface area is 209 Å². The molecule has 0 unspecified atom stereocenters. The minimum absolute atomic E-state index is 0. The molecule has 2 aliphatic rings. The van der Waals surface area contributed by atoms with E-state index in [2.05, 4.69) is 21.2 Å². The highest BCUT2D eigenvalue weighted by Crippen LogP contribution is 2.32. The van der Waals surface area contributed by atoms with Gasteiger partial charge in [0.25, 0.3) is 11.8 Å². The molecule has 2 aromatic rings. The summed E-state index contributed by atoms with van der Waals surface area (Å²) in [5, 5.41) is 2.86. The molecule has 12 heteroatoms. The summed E-state index contributed by atoms with van der Waals surface area (Å²) in [5.41, 5.74) is 11.2. The summed E-state index contributed by atoms with van der Waals surface area (Å²) in [7, 11) is 0. The van der Waals surface area contributed by atoms with Gasteiger partial charge in [-0.15, -0.1) is 12.4 Å². The van der Waals surface area contributed by atoms with Crippen LogP contribution in [0.15, 0.2) is 40.9 Å². The molecule has 5 N–H and O–H groups in total. The molecule has 0 atom stereocenters. The topological polar surface area (TPSA) is 67.3 Å². The van der Waals surface area contributed by atoms with Crippen LogP contribution in [0.5, 0.6) is 0 Å². The first-order valence-corrected chi connectivity index (χ1v) is 11.2. The SMILES string of the molecule is Cl.FC1(F)CCNCC1.Nc1cccc(Br)c1F.Nc1cccc(N2CCC(F)(F)CC2)c1F. The second kappa shape index (κ2) is 13.3. The van der Waals surface area contributed by atoms with Gasteiger partial charge in [0, 0.05) is 51.9 Å². The van der Waals surface area contributed by atoms with Crippen molar-refractivity contribution in [1.82, 2.24) is 5.32 Å². The van der Waals surface area contributed by atoms with Crippen molar-refractivity contribution in [3.63, 3.8) is 0 Å². The van der Waals surface area contributed by atoms with Gasteiger partial charge in [0.15, 0.2) is 11.6 Å². The molecule has 0 bridgehead atoms. The normalized spacial score (nSPS) is 18.4. The van der Waals surface area contributed by atoms with Gasteiger partial charge >= 0.3 is 0 Å². The predicted molar refractivity (Wildman–Crippen MR) is 130 cm³/mol. The van der Waals surface area contributed by atoms with Crippen LogP contribution < -0.4 is 21.7 Å². The Bertz CT molecular complexity index is 881. The third-order valence-electron chi connectivity index (χ3n) is 5.16. The number of hydrogen-bond acceptors (Lipinski definition) is 4. The smallest absolute Gasteiger partial charge is 0.251 e. The second-order valence-electron chi connectivity index (χ2n) is 7.77. The fourth-order valence-electron chi connectivity index (χ4n) is 3.17. The highest BCUT2D eigenvalue weighted by molar-refractivity contribution is 9.10. The number of hydrogen-bond donors (Lipinski definition) is 3. The first kappa shape index (κ1) is 30.2. The summed E-state index contributed by atoms with van der Waals surface area (Å²) in [5.74, 6) is -5.91. The zero-order valence-electron chi connectivity index (χ0n) is 18.3. The molecule has 2 heterocycles. The number of nitrogens with two attached hydrogens (primary N) is 2. The molecular formula is C22H28BrClF6N4. The Morgan fingerprint density at radius 2 is 1.24 bits per heavy atom. The van der Waals surface area contributed by atoms with Crippen LogP contribution in [-0.2, 0) is 0 Å². The van der Waals surface area contributed by atoms with Gasteiger partial charge in [-0.3, -0.25) is 0 Å². The number of nitrogens with zero attached hydrogens (tertiary/aromatic N) is 1.